The van der Waals surface area contributed by atoms with E-state index in [2.05, 4.69) is 24.3 Å². The second-order valence-corrected chi connectivity index (χ2v) is 5.06. The van der Waals surface area contributed by atoms with E-state index in [1.165, 1.54) is 17.7 Å². The summed E-state index contributed by atoms with van der Waals surface area (Å²) in [6, 6.07) is 0.478. The van der Waals surface area contributed by atoms with Crippen LogP contribution in [0.4, 0.5) is 0 Å². The molecule has 0 spiro atoms. The number of nitrogens with zero attached hydrogens (tertiary/aromatic N) is 2. The minimum atomic E-state index is -0.236. The van der Waals surface area contributed by atoms with Crippen LogP contribution in [0.25, 0.3) is 0 Å². The maximum absolute atomic E-state index is 10.1. The van der Waals surface area contributed by atoms with Gasteiger partial charge in [-0.3, -0.25) is 4.68 Å². The third kappa shape index (κ3) is 2.38. The van der Waals surface area contributed by atoms with Crippen molar-refractivity contribution in [2.75, 3.05) is 7.05 Å². The molecule has 17 heavy (non-hydrogen) atoms. The Balaban J connectivity index is 2.24. The molecule has 2 N–H and O–H groups in total. The Hall–Kier alpha value is -0.870. The standard InChI is InChI=1S/C13H23N3O/c1-9(14-3)11-8-15-16(10(11)2)12-6-4-5-7-13(12)17/h8-9,12-14,17H,4-7H2,1-3H3. The molecule has 0 saturated heterocycles. The summed E-state index contributed by atoms with van der Waals surface area (Å²) in [5.41, 5.74) is 2.41. The van der Waals surface area contributed by atoms with E-state index in [-0.39, 0.29) is 12.1 Å². The molecule has 0 aliphatic heterocycles. The number of aliphatic hydroxyl groups is 1. The predicted molar refractivity (Wildman–Crippen MR) is 68.0 cm³/mol. The summed E-state index contributed by atoms with van der Waals surface area (Å²) in [7, 11) is 1.96. The third-order valence-corrected chi connectivity index (χ3v) is 3.99. The predicted octanol–water partition coefficient (Wildman–Crippen LogP) is 1.95. The van der Waals surface area contributed by atoms with Gasteiger partial charge in [0.05, 0.1) is 18.3 Å². The number of hydrogen-bond donors (Lipinski definition) is 2. The van der Waals surface area contributed by atoms with E-state index in [9.17, 15) is 5.11 Å². The molecule has 1 aliphatic rings. The monoisotopic (exact) mass is 237 g/mol. The molecule has 0 bridgehead atoms. The summed E-state index contributed by atoms with van der Waals surface area (Å²) in [6.45, 7) is 4.23. The second kappa shape index (κ2) is 5.19. The van der Waals surface area contributed by atoms with E-state index in [0.717, 1.165) is 19.3 Å². The molecule has 4 nitrogen and oxygen atoms in total. The molecule has 1 aromatic heterocycles. The van der Waals surface area contributed by atoms with E-state index in [1.54, 1.807) is 0 Å². The van der Waals surface area contributed by atoms with E-state index in [1.807, 2.05) is 17.9 Å². The first-order valence-electron chi connectivity index (χ1n) is 6.54. The molecular weight excluding hydrogens is 214 g/mol. The van der Waals surface area contributed by atoms with Crippen LogP contribution in [0.3, 0.4) is 0 Å². The van der Waals surface area contributed by atoms with Crippen LogP contribution in [0.1, 0.15) is 55.9 Å². The zero-order valence-electron chi connectivity index (χ0n) is 11.0. The fourth-order valence-corrected chi connectivity index (χ4v) is 2.73. The Morgan fingerprint density at radius 2 is 2.18 bits per heavy atom. The lowest BCUT2D eigenvalue weighted by molar-refractivity contribution is 0.0683. The SMILES string of the molecule is CNC(C)c1cnn(C2CCCCC2O)c1C. The molecule has 1 fully saturated rings. The zero-order valence-corrected chi connectivity index (χ0v) is 11.0. The molecule has 4 heteroatoms. The topological polar surface area (TPSA) is 50.1 Å². The highest BCUT2D eigenvalue weighted by Gasteiger charge is 2.27. The number of nitrogens with one attached hydrogen (secondary N) is 1. The summed E-state index contributed by atoms with van der Waals surface area (Å²) < 4.78 is 2.02. The molecule has 2 rings (SSSR count). The van der Waals surface area contributed by atoms with E-state index >= 15 is 0 Å². The minimum absolute atomic E-state index is 0.168. The van der Waals surface area contributed by atoms with Gasteiger partial charge < -0.3 is 10.4 Å². The van der Waals surface area contributed by atoms with Crippen molar-refractivity contribution in [3.63, 3.8) is 0 Å². The van der Waals surface area contributed by atoms with Crippen LogP contribution in [0, 0.1) is 6.92 Å². The van der Waals surface area contributed by atoms with Gasteiger partial charge in [-0.05, 0) is 33.7 Å². The molecule has 1 saturated carbocycles. The summed E-state index contributed by atoms with van der Waals surface area (Å²) in [5.74, 6) is 0. The van der Waals surface area contributed by atoms with Crippen LogP contribution >= 0.6 is 0 Å². The molecule has 3 atom stereocenters. The molecule has 3 unspecified atom stereocenters. The van der Waals surface area contributed by atoms with Crippen molar-refractivity contribution in [3.8, 4) is 0 Å². The van der Waals surface area contributed by atoms with E-state index in [0.29, 0.717) is 6.04 Å². The van der Waals surface area contributed by atoms with Crippen LogP contribution in [0.5, 0.6) is 0 Å². The maximum Gasteiger partial charge on any atom is 0.0781 e. The average molecular weight is 237 g/mol. The number of aromatic nitrogens is 2. The van der Waals surface area contributed by atoms with Gasteiger partial charge in [-0.2, -0.15) is 5.10 Å². The molecule has 1 aliphatic carbocycles. The van der Waals surface area contributed by atoms with Crippen LogP contribution in [-0.4, -0.2) is 28.0 Å². The molecule has 96 valence electrons. The summed E-state index contributed by atoms with van der Waals surface area (Å²) in [4.78, 5) is 0. The number of rotatable bonds is 3. The number of aliphatic hydroxyl groups excluding tert-OH is 1. The largest absolute Gasteiger partial charge is 0.391 e. The number of hydrogen-bond acceptors (Lipinski definition) is 3. The molecule has 1 aromatic rings. The molecule has 0 amide bonds. The summed E-state index contributed by atoms with van der Waals surface area (Å²) >= 11 is 0. The molecule has 0 aromatic carbocycles. The van der Waals surface area contributed by atoms with Gasteiger partial charge in [0.1, 0.15) is 0 Å². The highest BCUT2D eigenvalue weighted by molar-refractivity contribution is 5.20. The first-order valence-corrected chi connectivity index (χ1v) is 6.54. The fraction of sp³-hybridized carbons (Fsp3) is 0.769. The molecule has 1 heterocycles. The minimum Gasteiger partial charge on any atom is -0.391 e. The van der Waals surface area contributed by atoms with Gasteiger partial charge in [-0.25, -0.2) is 0 Å². The lowest BCUT2D eigenvalue weighted by Crippen LogP contribution is -2.29. The normalized spacial score (nSPS) is 27.1. The van der Waals surface area contributed by atoms with Crippen molar-refractivity contribution in [2.24, 2.45) is 0 Å². The maximum atomic E-state index is 10.1. The molecular formula is C13H23N3O. The van der Waals surface area contributed by atoms with Crippen molar-refractivity contribution in [1.82, 2.24) is 15.1 Å². The Morgan fingerprint density at radius 1 is 1.47 bits per heavy atom. The highest BCUT2D eigenvalue weighted by atomic mass is 16.3. The third-order valence-electron chi connectivity index (χ3n) is 3.99. The van der Waals surface area contributed by atoms with Gasteiger partial charge in [-0.1, -0.05) is 12.8 Å². The van der Waals surface area contributed by atoms with Gasteiger partial charge in [0.2, 0.25) is 0 Å². The van der Waals surface area contributed by atoms with Gasteiger partial charge in [-0.15, -0.1) is 0 Å². The summed E-state index contributed by atoms with van der Waals surface area (Å²) in [6.07, 6.45) is 5.96. The lowest BCUT2D eigenvalue weighted by atomic mass is 9.92. The van der Waals surface area contributed by atoms with Crippen molar-refractivity contribution < 1.29 is 5.11 Å². The Kier molecular flexibility index (Phi) is 3.84. The first kappa shape index (κ1) is 12.6. The smallest absolute Gasteiger partial charge is 0.0781 e. The van der Waals surface area contributed by atoms with Gasteiger partial charge >= 0.3 is 0 Å². The fourth-order valence-electron chi connectivity index (χ4n) is 2.73. The van der Waals surface area contributed by atoms with E-state index in [4.69, 9.17) is 0 Å². The van der Waals surface area contributed by atoms with Crippen LogP contribution < -0.4 is 5.32 Å². The van der Waals surface area contributed by atoms with Crippen LogP contribution in [0.2, 0.25) is 0 Å². The zero-order chi connectivity index (χ0) is 12.4. The first-order chi connectivity index (χ1) is 8.15. The Labute approximate surface area is 103 Å². The Morgan fingerprint density at radius 3 is 2.82 bits per heavy atom. The lowest BCUT2D eigenvalue weighted by Gasteiger charge is -2.29. The van der Waals surface area contributed by atoms with Gasteiger partial charge in [0.25, 0.3) is 0 Å². The average Bonchev–Trinajstić information content (AvgIpc) is 2.71. The second-order valence-electron chi connectivity index (χ2n) is 5.06. The highest BCUT2D eigenvalue weighted by Crippen LogP contribution is 2.30. The van der Waals surface area contributed by atoms with Crippen LogP contribution in [0.15, 0.2) is 6.20 Å². The van der Waals surface area contributed by atoms with E-state index < -0.39 is 0 Å². The van der Waals surface area contributed by atoms with Crippen molar-refractivity contribution >= 4 is 0 Å². The quantitative estimate of drug-likeness (QED) is 0.844. The Bertz CT molecular complexity index is 375. The summed E-state index contributed by atoms with van der Waals surface area (Å²) in [5, 5.41) is 17.8. The van der Waals surface area contributed by atoms with Crippen molar-refractivity contribution in [2.45, 2.75) is 57.7 Å². The van der Waals surface area contributed by atoms with Gasteiger partial charge in [0, 0.05) is 17.3 Å². The van der Waals surface area contributed by atoms with Crippen molar-refractivity contribution in [1.29, 1.82) is 0 Å². The van der Waals surface area contributed by atoms with Crippen molar-refractivity contribution in [3.05, 3.63) is 17.5 Å². The van der Waals surface area contributed by atoms with Crippen LogP contribution in [-0.2, 0) is 0 Å². The molecule has 0 radical (unpaired) electrons. The van der Waals surface area contributed by atoms with Gasteiger partial charge in [0.15, 0.2) is 0 Å².